The van der Waals surface area contributed by atoms with Crippen LogP contribution in [0.3, 0.4) is 0 Å². The Bertz CT molecular complexity index is 238. The van der Waals surface area contributed by atoms with Crippen molar-refractivity contribution in [3.63, 3.8) is 0 Å². The number of hydrogen-bond donors (Lipinski definition) is 1. The normalized spacial score (nSPS) is 22.0. The Kier molecular flexibility index (Phi) is 4.74. The van der Waals surface area contributed by atoms with Crippen LogP contribution in [0.5, 0.6) is 0 Å². The van der Waals surface area contributed by atoms with Gasteiger partial charge >= 0.3 is 5.97 Å². The highest BCUT2D eigenvalue weighted by Gasteiger charge is 2.35. The van der Waals surface area contributed by atoms with Crippen molar-refractivity contribution in [3.05, 3.63) is 0 Å². The highest BCUT2D eigenvalue weighted by Crippen LogP contribution is 2.25. The second kappa shape index (κ2) is 5.64. The topological polar surface area (TPSA) is 47.6 Å². The molecule has 0 saturated carbocycles. The van der Waals surface area contributed by atoms with E-state index in [1.807, 2.05) is 0 Å². The van der Waals surface area contributed by atoms with E-state index in [1.54, 1.807) is 0 Å². The van der Waals surface area contributed by atoms with E-state index < -0.39 is 0 Å². The molecule has 0 aliphatic carbocycles. The number of rotatable bonds is 6. The third-order valence-corrected chi connectivity index (χ3v) is 3.32. The van der Waals surface area contributed by atoms with Crippen LogP contribution in [0.2, 0.25) is 0 Å². The highest BCUT2D eigenvalue weighted by atomic mass is 16.5. The van der Waals surface area contributed by atoms with Crippen LogP contribution in [0.1, 0.15) is 27.2 Å². The Morgan fingerprint density at radius 2 is 2.19 bits per heavy atom. The molecule has 2 atom stereocenters. The smallest absolute Gasteiger partial charge is 0.323 e. The van der Waals surface area contributed by atoms with Crippen molar-refractivity contribution in [2.24, 2.45) is 11.3 Å². The number of carbonyl (C=O) groups is 1. The fraction of sp³-hybridized carbons (Fsp3) is 0.917. The van der Waals surface area contributed by atoms with Gasteiger partial charge in [0.1, 0.15) is 6.04 Å². The second-order valence-corrected chi connectivity index (χ2v) is 5.07. The van der Waals surface area contributed by atoms with Crippen molar-refractivity contribution in [1.82, 2.24) is 5.32 Å². The maximum atomic E-state index is 11.6. The molecule has 0 spiro atoms. The first-order chi connectivity index (χ1) is 7.52. The van der Waals surface area contributed by atoms with Crippen molar-refractivity contribution in [2.45, 2.75) is 33.2 Å². The molecule has 1 rings (SSSR count). The predicted octanol–water partition coefficient (Wildman–Crippen LogP) is 1.20. The van der Waals surface area contributed by atoms with Gasteiger partial charge in [0, 0.05) is 12.0 Å². The first-order valence-electron chi connectivity index (χ1n) is 5.91. The van der Waals surface area contributed by atoms with Crippen molar-refractivity contribution in [3.8, 4) is 0 Å². The van der Waals surface area contributed by atoms with Gasteiger partial charge in [-0.25, -0.2) is 0 Å². The van der Waals surface area contributed by atoms with Gasteiger partial charge in [-0.3, -0.25) is 4.79 Å². The van der Waals surface area contributed by atoms with Gasteiger partial charge in [0.2, 0.25) is 0 Å². The zero-order valence-electron chi connectivity index (χ0n) is 10.7. The molecule has 0 radical (unpaired) electrons. The number of ether oxygens (including phenoxy) is 2. The lowest BCUT2D eigenvalue weighted by Crippen LogP contribution is -2.52. The van der Waals surface area contributed by atoms with Crippen LogP contribution in [0.4, 0.5) is 0 Å². The Morgan fingerprint density at radius 3 is 2.56 bits per heavy atom. The number of hydrogen-bond acceptors (Lipinski definition) is 4. The molecule has 1 saturated heterocycles. The molecule has 0 amide bonds. The van der Waals surface area contributed by atoms with Gasteiger partial charge in [-0.05, 0) is 5.92 Å². The molecular weight excluding hydrogens is 206 g/mol. The molecule has 1 heterocycles. The molecule has 16 heavy (non-hydrogen) atoms. The third-order valence-electron chi connectivity index (χ3n) is 3.32. The van der Waals surface area contributed by atoms with Crippen LogP contribution in [-0.4, -0.2) is 38.9 Å². The highest BCUT2D eigenvalue weighted by molar-refractivity contribution is 5.75. The fourth-order valence-electron chi connectivity index (χ4n) is 1.79. The monoisotopic (exact) mass is 229 g/mol. The Hall–Kier alpha value is -0.610. The Morgan fingerprint density at radius 1 is 1.56 bits per heavy atom. The average Bonchev–Trinajstić information content (AvgIpc) is 2.25. The number of methoxy groups -OCH3 is 1. The number of esters is 1. The van der Waals surface area contributed by atoms with E-state index in [9.17, 15) is 4.79 Å². The minimum Gasteiger partial charge on any atom is -0.468 e. The lowest BCUT2D eigenvalue weighted by atomic mass is 9.87. The summed E-state index contributed by atoms with van der Waals surface area (Å²) in [4.78, 5) is 11.6. The molecule has 0 aromatic carbocycles. The van der Waals surface area contributed by atoms with E-state index >= 15 is 0 Å². The van der Waals surface area contributed by atoms with Crippen LogP contribution in [0.15, 0.2) is 0 Å². The average molecular weight is 229 g/mol. The molecule has 1 aliphatic rings. The zero-order chi connectivity index (χ0) is 12.2. The molecule has 1 aliphatic heterocycles. The van der Waals surface area contributed by atoms with Gasteiger partial charge in [-0.1, -0.05) is 27.2 Å². The molecule has 2 unspecified atom stereocenters. The van der Waals surface area contributed by atoms with Gasteiger partial charge < -0.3 is 14.8 Å². The predicted molar refractivity (Wildman–Crippen MR) is 62.2 cm³/mol. The summed E-state index contributed by atoms with van der Waals surface area (Å²) in [7, 11) is 1.44. The first-order valence-corrected chi connectivity index (χ1v) is 5.91. The van der Waals surface area contributed by atoms with Gasteiger partial charge in [0.05, 0.1) is 20.3 Å². The SMILES string of the molecule is CCC(C)C(NCC1(C)COC1)C(=O)OC. The van der Waals surface area contributed by atoms with E-state index in [2.05, 4.69) is 26.1 Å². The van der Waals surface area contributed by atoms with Crippen molar-refractivity contribution in [2.75, 3.05) is 26.9 Å². The molecule has 94 valence electrons. The lowest BCUT2D eigenvalue weighted by Gasteiger charge is -2.39. The summed E-state index contributed by atoms with van der Waals surface area (Å²) >= 11 is 0. The first kappa shape index (κ1) is 13.5. The van der Waals surface area contributed by atoms with E-state index in [-0.39, 0.29) is 23.3 Å². The minimum atomic E-state index is -0.201. The molecule has 1 fully saturated rings. The minimum absolute atomic E-state index is 0.168. The molecule has 4 nitrogen and oxygen atoms in total. The summed E-state index contributed by atoms with van der Waals surface area (Å²) in [6.45, 7) is 8.65. The molecule has 4 heteroatoms. The summed E-state index contributed by atoms with van der Waals surface area (Å²) in [6.07, 6.45) is 0.958. The number of nitrogens with one attached hydrogen (secondary N) is 1. The van der Waals surface area contributed by atoms with Crippen molar-refractivity contribution >= 4 is 5.97 Å². The zero-order valence-corrected chi connectivity index (χ0v) is 10.7. The standard InChI is InChI=1S/C12H23NO3/c1-5-9(2)10(11(14)15-4)13-6-12(3)7-16-8-12/h9-10,13H,5-8H2,1-4H3. The van der Waals surface area contributed by atoms with Crippen LogP contribution in [0.25, 0.3) is 0 Å². The van der Waals surface area contributed by atoms with Gasteiger partial charge in [-0.15, -0.1) is 0 Å². The molecule has 0 aromatic heterocycles. The van der Waals surface area contributed by atoms with Crippen LogP contribution in [-0.2, 0) is 14.3 Å². The summed E-state index contributed by atoms with van der Waals surface area (Å²) < 4.78 is 10.0. The maximum Gasteiger partial charge on any atom is 0.323 e. The van der Waals surface area contributed by atoms with Crippen LogP contribution in [0, 0.1) is 11.3 Å². The summed E-state index contributed by atoms with van der Waals surface area (Å²) in [5.74, 6) is 0.121. The number of carbonyl (C=O) groups excluding carboxylic acids is 1. The molecular formula is C12H23NO3. The van der Waals surface area contributed by atoms with Gasteiger partial charge in [0.15, 0.2) is 0 Å². The Balaban J connectivity index is 2.46. The summed E-state index contributed by atoms with van der Waals surface area (Å²) in [5.41, 5.74) is 0.180. The van der Waals surface area contributed by atoms with E-state index in [0.717, 1.165) is 26.2 Å². The quantitative estimate of drug-likeness (QED) is 0.695. The van der Waals surface area contributed by atoms with E-state index in [0.29, 0.717) is 0 Å². The molecule has 1 N–H and O–H groups in total. The van der Waals surface area contributed by atoms with Crippen molar-refractivity contribution < 1.29 is 14.3 Å². The van der Waals surface area contributed by atoms with Gasteiger partial charge in [-0.2, -0.15) is 0 Å². The molecule has 0 aromatic rings. The summed E-state index contributed by atoms with van der Waals surface area (Å²) in [5, 5.41) is 3.31. The van der Waals surface area contributed by atoms with Crippen LogP contribution >= 0.6 is 0 Å². The van der Waals surface area contributed by atoms with E-state index in [1.165, 1.54) is 7.11 Å². The Labute approximate surface area is 97.7 Å². The maximum absolute atomic E-state index is 11.6. The van der Waals surface area contributed by atoms with Crippen LogP contribution < -0.4 is 5.32 Å². The van der Waals surface area contributed by atoms with Crippen molar-refractivity contribution in [1.29, 1.82) is 0 Å². The summed E-state index contributed by atoms with van der Waals surface area (Å²) in [6, 6.07) is -0.201. The van der Waals surface area contributed by atoms with Gasteiger partial charge in [0.25, 0.3) is 0 Å². The lowest BCUT2D eigenvalue weighted by molar-refractivity contribution is -0.146. The molecule has 0 bridgehead atoms. The third kappa shape index (κ3) is 3.19. The largest absolute Gasteiger partial charge is 0.468 e. The fourth-order valence-corrected chi connectivity index (χ4v) is 1.79. The van der Waals surface area contributed by atoms with E-state index in [4.69, 9.17) is 9.47 Å². The second-order valence-electron chi connectivity index (χ2n) is 5.07.